The van der Waals surface area contributed by atoms with Crippen molar-refractivity contribution in [2.75, 3.05) is 19.6 Å². The molecule has 1 aliphatic rings. The van der Waals surface area contributed by atoms with Crippen LogP contribution < -0.4 is 11.1 Å². The van der Waals surface area contributed by atoms with Crippen molar-refractivity contribution in [2.45, 2.75) is 71.9 Å². The number of hydrogen-bond donors (Lipinski definition) is 2. The van der Waals surface area contributed by atoms with E-state index in [4.69, 9.17) is 10.5 Å². The maximum absolute atomic E-state index is 11.9. The number of nitrogens with two attached hydrogens (primary N) is 1. The van der Waals surface area contributed by atoms with E-state index in [1.165, 1.54) is 6.42 Å². The van der Waals surface area contributed by atoms with Gasteiger partial charge in [-0.15, -0.1) is 24.0 Å². The first-order valence-electron chi connectivity index (χ1n) is 8.75. The second-order valence-electron chi connectivity index (χ2n) is 7.52. The van der Waals surface area contributed by atoms with Crippen molar-refractivity contribution in [3.8, 4) is 0 Å². The minimum absolute atomic E-state index is 0. The first kappa shape index (κ1) is 23.3. The third-order valence-electron chi connectivity index (χ3n) is 3.81. The lowest BCUT2D eigenvalue weighted by atomic mass is 10.0. The van der Waals surface area contributed by atoms with Crippen LogP contribution in [0.2, 0.25) is 0 Å². The Morgan fingerprint density at radius 2 is 2.12 bits per heavy atom. The highest BCUT2D eigenvalue weighted by Gasteiger charge is 2.20. The molecule has 1 fully saturated rings. The molecule has 1 heterocycles. The lowest BCUT2D eigenvalue weighted by molar-refractivity contribution is 0.0503. The average Bonchev–Trinajstić information content (AvgIpc) is 2.42. The van der Waals surface area contributed by atoms with Crippen LogP contribution >= 0.6 is 24.0 Å². The van der Waals surface area contributed by atoms with Gasteiger partial charge in [-0.05, 0) is 46.0 Å². The number of aliphatic imine (C=N–C) groups is 1. The molecule has 1 rings (SSSR count). The molecule has 142 valence electrons. The van der Waals surface area contributed by atoms with E-state index in [9.17, 15) is 4.79 Å². The number of rotatable bonds is 5. The largest absolute Gasteiger partial charge is 0.444 e. The minimum Gasteiger partial charge on any atom is -0.444 e. The Morgan fingerprint density at radius 1 is 1.46 bits per heavy atom. The van der Waals surface area contributed by atoms with Crippen LogP contribution in [0.1, 0.15) is 60.3 Å². The van der Waals surface area contributed by atoms with Crippen LogP contribution in [0.3, 0.4) is 0 Å². The lowest BCUT2D eigenvalue weighted by Gasteiger charge is -2.32. The van der Waals surface area contributed by atoms with Crippen molar-refractivity contribution in [3.05, 3.63) is 0 Å². The number of nitrogens with one attached hydrogen (secondary N) is 1. The molecule has 0 saturated carbocycles. The van der Waals surface area contributed by atoms with Gasteiger partial charge < -0.3 is 20.7 Å². The quantitative estimate of drug-likeness (QED) is 0.380. The third kappa shape index (κ3) is 9.54. The summed E-state index contributed by atoms with van der Waals surface area (Å²) in [5, 5.41) is 2.90. The summed E-state index contributed by atoms with van der Waals surface area (Å²) in [7, 11) is 0. The number of halogens is 1. The van der Waals surface area contributed by atoms with Gasteiger partial charge in [0.25, 0.3) is 0 Å². The molecular formula is C17H35IN4O2. The molecule has 0 aromatic heterocycles. The highest BCUT2D eigenvalue weighted by atomic mass is 127. The molecule has 0 aromatic carbocycles. The molecule has 6 nitrogen and oxygen atoms in total. The number of alkyl carbamates (subject to hydrolysis) is 1. The second-order valence-corrected chi connectivity index (χ2v) is 7.52. The first-order chi connectivity index (χ1) is 10.7. The fourth-order valence-electron chi connectivity index (χ4n) is 2.73. The monoisotopic (exact) mass is 454 g/mol. The van der Waals surface area contributed by atoms with Gasteiger partial charge in [0.05, 0.1) is 12.6 Å². The standard InChI is InChI=1S/C17H34N4O2.HI/c1-6-8-14(20-16(22)23-17(3,4)5)11-19-15(18)21-10-7-9-13(2)12-21;/h13-14H,6-12H2,1-5H3,(H2,18,19)(H,20,22);1H. The summed E-state index contributed by atoms with van der Waals surface area (Å²) in [6.45, 7) is 12.3. The summed E-state index contributed by atoms with van der Waals surface area (Å²) in [5.41, 5.74) is 5.63. The van der Waals surface area contributed by atoms with E-state index < -0.39 is 11.7 Å². The van der Waals surface area contributed by atoms with Crippen LogP contribution in [-0.4, -0.2) is 48.2 Å². The number of likely N-dealkylation sites (tertiary alicyclic amines) is 1. The molecule has 0 spiro atoms. The van der Waals surface area contributed by atoms with Gasteiger partial charge in [0.1, 0.15) is 5.60 Å². The van der Waals surface area contributed by atoms with Crippen molar-refractivity contribution in [2.24, 2.45) is 16.6 Å². The lowest BCUT2D eigenvalue weighted by Crippen LogP contribution is -2.45. The van der Waals surface area contributed by atoms with Gasteiger partial charge in [0, 0.05) is 13.1 Å². The van der Waals surface area contributed by atoms with E-state index in [0.717, 1.165) is 32.4 Å². The first-order valence-corrected chi connectivity index (χ1v) is 8.75. The Hall–Kier alpha value is -0.730. The molecule has 3 N–H and O–H groups in total. The molecule has 0 bridgehead atoms. The van der Waals surface area contributed by atoms with Crippen LogP contribution in [-0.2, 0) is 4.74 Å². The Balaban J connectivity index is 0.00000529. The van der Waals surface area contributed by atoms with E-state index in [1.54, 1.807) is 0 Å². The molecule has 1 amide bonds. The molecule has 0 aliphatic carbocycles. The zero-order valence-corrected chi connectivity index (χ0v) is 18.1. The molecule has 0 radical (unpaired) electrons. The molecular weight excluding hydrogens is 419 g/mol. The number of ether oxygens (including phenoxy) is 1. The zero-order valence-electron chi connectivity index (χ0n) is 15.8. The summed E-state index contributed by atoms with van der Waals surface area (Å²) in [5.74, 6) is 1.24. The predicted octanol–water partition coefficient (Wildman–Crippen LogP) is 3.34. The van der Waals surface area contributed by atoms with E-state index in [-0.39, 0.29) is 30.0 Å². The molecule has 24 heavy (non-hydrogen) atoms. The molecule has 2 atom stereocenters. The Kier molecular flexibility index (Phi) is 10.7. The number of hydrogen-bond acceptors (Lipinski definition) is 3. The smallest absolute Gasteiger partial charge is 0.407 e. The van der Waals surface area contributed by atoms with Gasteiger partial charge in [-0.2, -0.15) is 0 Å². The average molecular weight is 454 g/mol. The highest BCUT2D eigenvalue weighted by Crippen LogP contribution is 2.15. The van der Waals surface area contributed by atoms with Gasteiger partial charge in [0.2, 0.25) is 0 Å². The number of guanidine groups is 1. The topological polar surface area (TPSA) is 80.0 Å². The number of piperidine rings is 1. The predicted molar refractivity (Wildman–Crippen MR) is 110 cm³/mol. The van der Waals surface area contributed by atoms with E-state index in [1.807, 2.05) is 20.8 Å². The Bertz CT molecular complexity index is 410. The van der Waals surface area contributed by atoms with Crippen molar-refractivity contribution in [3.63, 3.8) is 0 Å². The van der Waals surface area contributed by atoms with Gasteiger partial charge in [-0.25, -0.2) is 4.79 Å². The summed E-state index contributed by atoms with van der Waals surface area (Å²) in [4.78, 5) is 18.6. The molecule has 2 unspecified atom stereocenters. The number of amides is 1. The van der Waals surface area contributed by atoms with Crippen molar-refractivity contribution in [1.82, 2.24) is 10.2 Å². The minimum atomic E-state index is -0.493. The van der Waals surface area contributed by atoms with Gasteiger partial charge in [-0.3, -0.25) is 4.99 Å². The Labute approximate surface area is 164 Å². The number of carbonyl (C=O) groups is 1. The van der Waals surface area contributed by atoms with Gasteiger partial charge in [0.15, 0.2) is 5.96 Å². The normalized spacial score (nSPS) is 20.1. The third-order valence-corrected chi connectivity index (χ3v) is 3.81. The second kappa shape index (κ2) is 11.0. The maximum atomic E-state index is 11.9. The van der Waals surface area contributed by atoms with Crippen LogP contribution in [0.25, 0.3) is 0 Å². The zero-order chi connectivity index (χ0) is 17.5. The summed E-state index contributed by atoms with van der Waals surface area (Å²) < 4.78 is 5.31. The summed E-state index contributed by atoms with van der Waals surface area (Å²) in [6.07, 6.45) is 3.84. The molecule has 7 heteroatoms. The van der Waals surface area contributed by atoms with E-state index >= 15 is 0 Å². The van der Waals surface area contributed by atoms with Crippen molar-refractivity contribution in [1.29, 1.82) is 0 Å². The van der Waals surface area contributed by atoms with E-state index in [2.05, 4.69) is 29.1 Å². The van der Waals surface area contributed by atoms with Crippen LogP contribution in [0.15, 0.2) is 4.99 Å². The SMILES string of the molecule is CCCC(CN=C(N)N1CCCC(C)C1)NC(=O)OC(C)(C)C.I. The highest BCUT2D eigenvalue weighted by molar-refractivity contribution is 14.0. The van der Waals surface area contributed by atoms with Crippen molar-refractivity contribution >= 4 is 36.0 Å². The van der Waals surface area contributed by atoms with Crippen LogP contribution in [0.4, 0.5) is 4.79 Å². The Morgan fingerprint density at radius 3 is 2.67 bits per heavy atom. The molecule has 0 aromatic rings. The van der Waals surface area contributed by atoms with Crippen LogP contribution in [0.5, 0.6) is 0 Å². The fourth-order valence-corrected chi connectivity index (χ4v) is 2.73. The molecule has 1 saturated heterocycles. The number of nitrogens with zero attached hydrogens (tertiary/aromatic N) is 2. The summed E-state index contributed by atoms with van der Waals surface area (Å²) >= 11 is 0. The van der Waals surface area contributed by atoms with Gasteiger partial charge in [-0.1, -0.05) is 20.3 Å². The summed E-state index contributed by atoms with van der Waals surface area (Å²) in [6, 6.07) is -0.0457. The van der Waals surface area contributed by atoms with Crippen molar-refractivity contribution < 1.29 is 9.53 Å². The number of carbonyl (C=O) groups excluding carboxylic acids is 1. The fraction of sp³-hybridized carbons (Fsp3) is 0.882. The van der Waals surface area contributed by atoms with E-state index in [0.29, 0.717) is 18.4 Å². The molecule has 1 aliphatic heterocycles. The maximum Gasteiger partial charge on any atom is 0.407 e. The van der Waals surface area contributed by atoms with Gasteiger partial charge >= 0.3 is 6.09 Å². The van der Waals surface area contributed by atoms with Crippen LogP contribution in [0, 0.1) is 5.92 Å².